The van der Waals surface area contributed by atoms with Gasteiger partial charge in [0.25, 0.3) is 0 Å². The summed E-state index contributed by atoms with van der Waals surface area (Å²) in [7, 11) is 0. The average molecular weight is 325 g/mol. The summed E-state index contributed by atoms with van der Waals surface area (Å²) in [6.07, 6.45) is 0. The maximum Gasteiger partial charge on any atom is 0.0398 e. The van der Waals surface area contributed by atoms with Gasteiger partial charge in [-0.2, -0.15) is 0 Å². The van der Waals surface area contributed by atoms with E-state index >= 15 is 0 Å². The van der Waals surface area contributed by atoms with E-state index in [1.165, 1.54) is 30.9 Å². The lowest BCUT2D eigenvalue weighted by atomic mass is 10.0. The molecule has 1 aromatic heterocycles. The van der Waals surface area contributed by atoms with Gasteiger partial charge in [0.1, 0.15) is 0 Å². The van der Waals surface area contributed by atoms with E-state index in [1.54, 1.807) is 0 Å². The topological polar surface area (TPSA) is 12.0 Å². The van der Waals surface area contributed by atoms with Crippen LogP contribution in [0.25, 0.3) is 30.9 Å². The van der Waals surface area contributed by atoms with Crippen LogP contribution in [0, 0.1) is 0 Å². The van der Waals surface area contributed by atoms with Gasteiger partial charge in [0.2, 0.25) is 0 Å². The van der Waals surface area contributed by atoms with Crippen molar-refractivity contribution in [3.05, 3.63) is 84.9 Å². The molecule has 0 spiro atoms. The van der Waals surface area contributed by atoms with E-state index in [0.717, 1.165) is 11.4 Å². The van der Waals surface area contributed by atoms with Crippen LogP contribution in [0.1, 0.15) is 0 Å². The van der Waals surface area contributed by atoms with Gasteiger partial charge in [-0.15, -0.1) is 11.3 Å². The van der Waals surface area contributed by atoms with E-state index in [0.29, 0.717) is 0 Å². The van der Waals surface area contributed by atoms with Crippen molar-refractivity contribution in [3.8, 4) is 0 Å². The molecule has 1 heterocycles. The second-order valence-electron chi connectivity index (χ2n) is 5.96. The first kappa shape index (κ1) is 13.6. The fourth-order valence-corrected chi connectivity index (χ4v) is 4.47. The number of fused-ring (bicyclic) bond motifs is 5. The highest BCUT2D eigenvalue weighted by atomic mass is 32.1. The van der Waals surface area contributed by atoms with Crippen molar-refractivity contribution in [1.29, 1.82) is 0 Å². The van der Waals surface area contributed by atoms with Crippen LogP contribution in [0.2, 0.25) is 0 Å². The van der Waals surface area contributed by atoms with E-state index in [9.17, 15) is 0 Å². The molecule has 0 fully saturated rings. The number of hydrogen-bond acceptors (Lipinski definition) is 2. The summed E-state index contributed by atoms with van der Waals surface area (Å²) in [5.41, 5.74) is 2.24. The van der Waals surface area contributed by atoms with Crippen molar-refractivity contribution in [2.45, 2.75) is 0 Å². The van der Waals surface area contributed by atoms with Crippen LogP contribution in [0.4, 0.5) is 11.4 Å². The Kier molecular flexibility index (Phi) is 3.03. The van der Waals surface area contributed by atoms with Gasteiger partial charge in [-0.3, -0.25) is 0 Å². The highest BCUT2D eigenvalue weighted by Gasteiger charge is 2.09. The Morgan fingerprint density at radius 2 is 1.42 bits per heavy atom. The molecule has 0 saturated carbocycles. The monoisotopic (exact) mass is 325 g/mol. The first-order valence-corrected chi connectivity index (χ1v) is 8.86. The number of rotatable bonds is 2. The lowest BCUT2D eigenvalue weighted by molar-refractivity contribution is 1.57. The van der Waals surface area contributed by atoms with E-state index in [1.807, 2.05) is 29.5 Å². The van der Waals surface area contributed by atoms with E-state index in [2.05, 4.69) is 72.0 Å². The summed E-state index contributed by atoms with van der Waals surface area (Å²) >= 11 is 1.86. The molecule has 0 aliphatic rings. The molecule has 0 aliphatic heterocycles. The standard InChI is InChI=1S/C22H15NS/c1-2-7-16(8-3-1)23-17-11-12-19-21(14-17)24-20-13-10-15-6-4-5-9-18(15)22(19)20/h1-14,23H. The van der Waals surface area contributed by atoms with E-state index < -0.39 is 0 Å². The van der Waals surface area contributed by atoms with E-state index in [4.69, 9.17) is 0 Å². The Morgan fingerprint density at radius 1 is 0.583 bits per heavy atom. The zero-order chi connectivity index (χ0) is 15.9. The first-order valence-electron chi connectivity index (χ1n) is 8.04. The summed E-state index contributed by atoms with van der Waals surface area (Å²) in [5, 5.41) is 8.84. The van der Waals surface area contributed by atoms with Crippen LogP contribution in [-0.4, -0.2) is 0 Å². The van der Waals surface area contributed by atoms with E-state index in [-0.39, 0.29) is 0 Å². The molecule has 5 rings (SSSR count). The molecule has 0 radical (unpaired) electrons. The van der Waals surface area contributed by atoms with Gasteiger partial charge >= 0.3 is 0 Å². The number of benzene rings is 4. The summed E-state index contributed by atoms with van der Waals surface area (Å²) in [5.74, 6) is 0. The number of nitrogens with one attached hydrogen (secondary N) is 1. The highest BCUT2D eigenvalue weighted by Crippen LogP contribution is 2.39. The van der Waals surface area contributed by atoms with Crippen LogP contribution < -0.4 is 5.32 Å². The zero-order valence-electron chi connectivity index (χ0n) is 13.0. The molecule has 4 aromatic carbocycles. The molecule has 0 amide bonds. The van der Waals surface area contributed by atoms with Gasteiger partial charge in [0, 0.05) is 31.5 Å². The smallest absolute Gasteiger partial charge is 0.0398 e. The third-order valence-electron chi connectivity index (χ3n) is 4.42. The fraction of sp³-hybridized carbons (Fsp3) is 0. The number of anilines is 2. The predicted octanol–water partition coefficient (Wildman–Crippen LogP) is 6.95. The van der Waals surface area contributed by atoms with Crippen molar-refractivity contribution in [2.24, 2.45) is 0 Å². The third-order valence-corrected chi connectivity index (χ3v) is 5.54. The van der Waals surface area contributed by atoms with Crippen molar-refractivity contribution in [2.75, 3.05) is 5.32 Å². The van der Waals surface area contributed by atoms with Crippen LogP contribution in [0.5, 0.6) is 0 Å². The normalized spacial score (nSPS) is 11.3. The number of hydrogen-bond donors (Lipinski definition) is 1. The molecule has 1 nitrogen and oxygen atoms in total. The van der Waals surface area contributed by atoms with Crippen molar-refractivity contribution in [3.63, 3.8) is 0 Å². The number of para-hydroxylation sites is 1. The summed E-state index contributed by atoms with van der Waals surface area (Å²) < 4.78 is 2.67. The molecule has 0 aliphatic carbocycles. The minimum absolute atomic E-state index is 1.11. The fourth-order valence-electron chi connectivity index (χ4n) is 3.31. The number of thiophene rings is 1. The largest absolute Gasteiger partial charge is 0.355 e. The minimum atomic E-state index is 1.11. The lowest BCUT2D eigenvalue weighted by Gasteiger charge is -2.06. The average Bonchev–Trinajstić information content (AvgIpc) is 3.01. The van der Waals surface area contributed by atoms with Crippen molar-refractivity contribution >= 4 is 53.7 Å². The molecular weight excluding hydrogens is 310 g/mol. The molecule has 2 heteroatoms. The minimum Gasteiger partial charge on any atom is -0.355 e. The summed E-state index contributed by atoms with van der Waals surface area (Å²) in [4.78, 5) is 0. The van der Waals surface area contributed by atoms with Gasteiger partial charge < -0.3 is 5.32 Å². The molecule has 114 valence electrons. The Labute approximate surface area is 144 Å². The third kappa shape index (κ3) is 2.15. The van der Waals surface area contributed by atoms with Crippen LogP contribution >= 0.6 is 11.3 Å². The second kappa shape index (κ2) is 5.36. The quantitative estimate of drug-likeness (QED) is 0.370. The van der Waals surface area contributed by atoms with Gasteiger partial charge in [0.05, 0.1) is 0 Å². The first-order chi connectivity index (χ1) is 11.9. The maximum atomic E-state index is 3.48. The Morgan fingerprint density at radius 3 is 2.33 bits per heavy atom. The lowest BCUT2D eigenvalue weighted by Crippen LogP contribution is -1.88. The summed E-state index contributed by atoms with van der Waals surface area (Å²) in [6, 6.07) is 30.1. The zero-order valence-corrected chi connectivity index (χ0v) is 13.8. The predicted molar refractivity (Wildman–Crippen MR) is 107 cm³/mol. The van der Waals surface area contributed by atoms with Crippen molar-refractivity contribution in [1.82, 2.24) is 0 Å². The molecule has 5 aromatic rings. The molecule has 0 saturated heterocycles. The Bertz CT molecular complexity index is 1170. The van der Waals surface area contributed by atoms with Crippen LogP contribution in [0.3, 0.4) is 0 Å². The Balaban J connectivity index is 1.71. The van der Waals surface area contributed by atoms with Crippen molar-refractivity contribution < 1.29 is 0 Å². The van der Waals surface area contributed by atoms with Gasteiger partial charge in [-0.1, -0.05) is 54.6 Å². The Hall–Kier alpha value is -2.84. The SMILES string of the molecule is c1ccc(Nc2ccc3c(c2)sc2ccc4ccccc4c23)cc1. The molecule has 1 N–H and O–H groups in total. The molecule has 0 bridgehead atoms. The van der Waals surface area contributed by atoms with Crippen LogP contribution in [0.15, 0.2) is 84.9 Å². The van der Waals surface area contributed by atoms with Gasteiger partial charge in [-0.05, 0) is 41.1 Å². The summed E-state index contributed by atoms with van der Waals surface area (Å²) in [6.45, 7) is 0. The molecular formula is C22H15NS. The highest BCUT2D eigenvalue weighted by molar-refractivity contribution is 7.26. The van der Waals surface area contributed by atoms with Gasteiger partial charge in [-0.25, -0.2) is 0 Å². The van der Waals surface area contributed by atoms with Crippen LogP contribution in [-0.2, 0) is 0 Å². The second-order valence-corrected chi connectivity index (χ2v) is 7.05. The molecule has 0 unspecified atom stereocenters. The molecule has 0 atom stereocenters. The van der Waals surface area contributed by atoms with Gasteiger partial charge in [0.15, 0.2) is 0 Å². The maximum absolute atomic E-state index is 3.48. The molecule has 24 heavy (non-hydrogen) atoms.